The SMILES string of the molecule is CC#C[C@@H](O[Si](C(C)C)(C(C)C)C(C)C)[C@@H](C)C=C(Br)Br. The van der Waals surface area contributed by atoms with Gasteiger partial charge in [0, 0.05) is 5.92 Å². The maximum Gasteiger partial charge on any atom is 0.202 e. The van der Waals surface area contributed by atoms with E-state index in [1.54, 1.807) is 0 Å². The predicted octanol–water partition coefficient (Wildman–Crippen LogP) is 6.84. The monoisotopic (exact) mass is 436 g/mol. The van der Waals surface area contributed by atoms with Crippen LogP contribution in [-0.4, -0.2) is 14.4 Å². The summed E-state index contributed by atoms with van der Waals surface area (Å²) in [5, 5.41) is 0. The van der Waals surface area contributed by atoms with Gasteiger partial charge in [0.05, 0.1) is 3.39 Å². The molecule has 0 N–H and O–H groups in total. The lowest BCUT2D eigenvalue weighted by molar-refractivity contribution is 0.191. The first-order chi connectivity index (χ1) is 9.59. The van der Waals surface area contributed by atoms with Crippen LogP contribution in [0.4, 0.5) is 0 Å². The molecule has 0 aliphatic heterocycles. The Bertz CT molecular complexity index is 379. The van der Waals surface area contributed by atoms with Crippen molar-refractivity contribution in [1.82, 2.24) is 0 Å². The molecule has 0 rings (SSSR count). The minimum Gasteiger partial charge on any atom is -0.402 e. The Kier molecular flexibility index (Phi) is 9.75. The Morgan fingerprint density at radius 2 is 1.38 bits per heavy atom. The van der Waals surface area contributed by atoms with E-state index < -0.39 is 8.32 Å². The van der Waals surface area contributed by atoms with Gasteiger partial charge in [0.2, 0.25) is 8.32 Å². The average Bonchev–Trinajstić information content (AvgIpc) is 2.31. The van der Waals surface area contributed by atoms with Crippen LogP contribution < -0.4 is 0 Å². The summed E-state index contributed by atoms with van der Waals surface area (Å²) in [6.07, 6.45) is 2.08. The molecule has 0 aliphatic rings. The topological polar surface area (TPSA) is 9.23 Å². The highest BCUT2D eigenvalue weighted by molar-refractivity contribution is 9.28. The summed E-state index contributed by atoms with van der Waals surface area (Å²) in [7, 11) is -1.90. The minimum absolute atomic E-state index is 0.0426. The van der Waals surface area contributed by atoms with Crippen LogP contribution in [0.1, 0.15) is 55.4 Å². The summed E-state index contributed by atoms with van der Waals surface area (Å²) in [5.41, 5.74) is 1.71. The molecule has 0 saturated carbocycles. The van der Waals surface area contributed by atoms with E-state index in [2.05, 4.69) is 98.2 Å². The molecule has 0 saturated heterocycles. The number of hydrogen-bond donors (Lipinski definition) is 0. The molecule has 0 aromatic heterocycles. The molecule has 0 spiro atoms. The van der Waals surface area contributed by atoms with Crippen LogP contribution >= 0.6 is 31.9 Å². The lowest BCUT2D eigenvalue weighted by Crippen LogP contribution is -2.51. The molecule has 0 amide bonds. The van der Waals surface area contributed by atoms with Gasteiger partial charge in [-0.25, -0.2) is 0 Å². The maximum absolute atomic E-state index is 6.80. The molecular weight excluding hydrogens is 408 g/mol. The predicted molar refractivity (Wildman–Crippen MR) is 104 cm³/mol. The van der Waals surface area contributed by atoms with Crippen molar-refractivity contribution in [3.63, 3.8) is 0 Å². The third-order valence-corrected chi connectivity index (χ3v) is 10.8. The van der Waals surface area contributed by atoms with Gasteiger partial charge in [-0.15, -0.1) is 5.92 Å². The Morgan fingerprint density at radius 3 is 1.67 bits per heavy atom. The van der Waals surface area contributed by atoms with Gasteiger partial charge in [0.25, 0.3) is 0 Å². The summed E-state index contributed by atoms with van der Waals surface area (Å²) in [4.78, 5) is 0. The second-order valence-corrected chi connectivity index (χ2v) is 14.7. The van der Waals surface area contributed by atoms with Crippen molar-refractivity contribution in [3.05, 3.63) is 9.47 Å². The maximum atomic E-state index is 6.80. The lowest BCUT2D eigenvalue weighted by Gasteiger charge is -2.44. The first-order valence-corrected chi connectivity index (χ1v) is 11.4. The van der Waals surface area contributed by atoms with Gasteiger partial charge in [0.15, 0.2) is 0 Å². The molecule has 0 radical (unpaired) electrons. The first-order valence-electron chi connectivity index (χ1n) is 7.72. The lowest BCUT2D eigenvalue weighted by atomic mass is 10.1. The van der Waals surface area contributed by atoms with Crippen LogP contribution in [-0.2, 0) is 4.43 Å². The fourth-order valence-electron chi connectivity index (χ4n) is 3.32. The molecular formula is C17H30Br2OSi. The molecule has 0 aliphatic carbocycles. The van der Waals surface area contributed by atoms with E-state index in [4.69, 9.17) is 4.43 Å². The van der Waals surface area contributed by atoms with Crippen molar-refractivity contribution in [2.45, 2.75) is 78.1 Å². The van der Waals surface area contributed by atoms with Gasteiger partial charge >= 0.3 is 0 Å². The molecule has 0 aromatic carbocycles. The summed E-state index contributed by atoms with van der Waals surface area (Å²) in [5.74, 6) is 6.58. The highest BCUT2D eigenvalue weighted by Crippen LogP contribution is 2.43. The average molecular weight is 438 g/mol. The molecule has 2 atom stereocenters. The molecule has 122 valence electrons. The van der Waals surface area contributed by atoms with E-state index in [1.807, 2.05) is 6.92 Å². The molecule has 0 aromatic rings. The highest BCUT2D eigenvalue weighted by Gasteiger charge is 2.46. The molecule has 0 fully saturated rings. The van der Waals surface area contributed by atoms with E-state index in [0.29, 0.717) is 16.6 Å². The van der Waals surface area contributed by atoms with Crippen LogP contribution in [0.5, 0.6) is 0 Å². The third-order valence-electron chi connectivity index (χ3n) is 4.19. The zero-order chi connectivity index (χ0) is 16.8. The van der Waals surface area contributed by atoms with Crippen molar-refractivity contribution in [2.24, 2.45) is 5.92 Å². The Labute approximate surface area is 149 Å². The fourth-order valence-corrected chi connectivity index (χ4v) is 9.69. The second-order valence-electron chi connectivity index (χ2n) is 6.57. The zero-order valence-electron chi connectivity index (χ0n) is 14.6. The first kappa shape index (κ1) is 21.4. The van der Waals surface area contributed by atoms with Crippen LogP contribution in [0, 0.1) is 17.8 Å². The van der Waals surface area contributed by atoms with Gasteiger partial charge in [-0.3, -0.25) is 0 Å². The van der Waals surface area contributed by atoms with Crippen LogP contribution in [0.15, 0.2) is 9.47 Å². The molecule has 0 bridgehead atoms. The molecule has 1 nitrogen and oxygen atoms in total. The summed E-state index contributed by atoms with van der Waals surface area (Å²) in [6.45, 7) is 17.9. The standard InChI is InChI=1S/C17H30Br2OSi/c1-9-10-16(15(8)11-17(18)19)20-21(12(2)3,13(4)5)14(6)7/h11-16H,1-8H3/t15-,16+/m0/s1. The summed E-state index contributed by atoms with van der Waals surface area (Å²) >= 11 is 6.89. The third kappa shape index (κ3) is 5.86. The highest BCUT2D eigenvalue weighted by atomic mass is 79.9. The van der Waals surface area contributed by atoms with Gasteiger partial charge < -0.3 is 4.43 Å². The van der Waals surface area contributed by atoms with E-state index in [9.17, 15) is 0 Å². The number of halogens is 2. The van der Waals surface area contributed by atoms with E-state index in [-0.39, 0.29) is 12.0 Å². The quantitative estimate of drug-likeness (QED) is 0.313. The van der Waals surface area contributed by atoms with E-state index in [0.717, 1.165) is 3.39 Å². The smallest absolute Gasteiger partial charge is 0.202 e. The number of hydrogen-bond acceptors (Lipinski definition) is 1. The van der Waals surface area contributed by atoms with Crippen molar-refractivity contribution in [3.8, 4) is 11.8 Å². The van der Waals surface area contributed by atoms with Crippen LogP contribution in [0.2, 0.25) is 16.6 Å². The Hall–Kier alpha value is 0.437. The van der Waals surface area contributed by atoms with Crippen LogP contribution in [0.25, 0.3) is 0 Å². The number of rotatable bonds is 7. The van der Waals surface area contributed by atoms with Crippen LogP contribution in [0.3, 0.4) is 0 Å². The minimum atomic E-state index is -1.90. The van der Waals surface area contributed by atoms with Gasteiger partial charge in [-0.1, -0.05) is 60.5 Å². The van der Waals surface area contributed by atoms with Gasteiger partial charge in [-0.05, 0) is 55.4 Å². The van der Waals surface area contributed by atoms with Crippen molar-refractivity contribution in [2.75, 3.05) is 0 Å². The van der Waals surface area contributed by atoms with Crippen molar-refractivity contribution < 1.29 is 4.43 Å². The van der Waals surface area contributed by atoms with E-state index >= 15 is 0 Å². The Balaban J connectivity index is 5.61. The fraction of sp³-hybridized carbons (Fsp3) is 0.765. The molecule has 4 heteroatoms. The van der Waals surface area contributed by atoms with Crippen molar-refractivity contribution >= 4 is 40.2 Å². The normalized spacial score (nSPS) is 14.9. The second kappa shape index (κ2) is 9.55. The molecule has 0 heterocycles. The zero-order valence-corrected chi connectivity index (χ0v) is 18.8. The van der Waals surface area contributed by atoms with Crippen molar-refractivity contribution in [1.29, 1.82) is 0 Å². The molecule has 0 unspecified atom stereocenters. The Morgan fingerprint density at radius 1 is 0.952 bits per heavy atom. The van der Waals surface area contributed by atoms with Gasteiger partial charge in [0.1, 0.15) is 6.10 Å². The molecule has 21 heavy (non-hydrogen) atoms. The summed E-state index contributed by atoms with van der Waals surface area (Å²) < 4.78 is 7.76. The van der Waals surface area contributed by atoms with Gasteiger partial charge in [-0.2, -0.15) is 0 Å². The summed E-state index contributed by atoms with van der Waals surface area (Å²) in [6, 6.07) is 0. The van der Waals surface area contributed by atoms with E-state index in [1.165, 1.54) is 0 Å². The largest absolute Gasteiger partial charge is 0.402 e.